The van der Waals surface area contributed by atoms with Crippen molar-refractivity contribution < 1.29 is 28.7 Å². The largest absolute Gasteiger partial charge is 0.507 e. The minimum absolute atomic E-state index is 0.0481. The zero-order valence-electron chi connectivity index (χ0n) is 17.9. The summed E-state index contributed by atoms with van der Waals surface area (Å²) in [6, 6.07) is 14.3. The fourth-order valence-electron chi connectivity index (χ4n) is 3.73. The molecule has 3 aromatic rings. The van der Waals surface area contributed by atoms with Gasteiger partial charge in [-0.05, 0) is 31.5 Å². The van der Waals surface area contributed by atoms with Gasteiger partial charge >= 0.3 is 5.91 Å². The number of aliphatic hydroxyl groups excluding tert-OH is 1. The summed E-state index contributed by atoms with van der Waals surface area (Å²) in [5.74, 6) is -0.285. The molecule has 1 aliphatic heterocycles. The highest BCUT2D eigenvalue weighted by molar-refractivity contribution is 6.51. The van der Waals surface area contributed by atoms with Gasteiger partial charge in [-0.1, -0.05) is 41.6 Å². The molecule has 8 heteroatoms. The van der Waals surface area contributed by atoms with Crippen molar-refractivity contribution in [3.8, 4) is 11.5 Å². The zero-order chi connectivity index (χ0) is 22.8. The third-order valence-corrected chi connectivity index (χ3v) is 5.16. The van der Waals surface area contributed by atoms with E-state index in [1.54, 1.807) is 61.5 Å². The van der Waals surface area contributed by atoms with Crippen molar-refractivity contribution in [2.45, 2.75) is 19.9 Å². The maximum atomic E-state index is 13.1. The molecule has 0 bridgehead atoms. The molecule has 1 aliphatic rings. The number of carbonyl (C=O) groups is 2. The SMILES string of the molecule is CCOc1ccc(C2/C(=C(\O)c3ccccc3)C(=O)C(=O)N2c2cc(C)on2)cc1OC. The number of hydrogen-bond donors (Lipinski definition) is 1. The van der Waals surface area contributed by atoms with E-state index in [-0.39, 0.29) is 17.2 Å². The molecular formula is C24H22N2O6. The Bertz CT molecular complexity index is 1200. The summed E-state index contributed by atoms with van der Waals surface area (Å²) in [7, 11) is 1.50. The molecule has 1 atom stereocenters. The molecule has 1 saturated heterocycles. The van der Waals surface area contributed by atoms with Gasteiger partial charge in [0, 0.05) is 11.6 Å². The number of rotatable bonds is 6. The molecule has 1 unspecified atom stereocenters. The smallest absolute Gasteiger partial charge is 0.301 e. The van der Waals surface area contributed by atoms with Gasteiger partial charge in [0.1, 0.15) is 11.5 Å². The van der Waals surface area contributed by atoms with Crippen molar-refractivity contribution >= 4 is 23.3 Å². The van der Waals surface area contributed by atoms with Gasteiger partial charge in [0.25, 0.3) is 5.78 Å². The Morgan fingerprint density at radius 2 is 1.88 bits per heavy atom. The van der Waals surface area contributed by atoms with Crippen LogP contribution in [0.15, 0.2) is 64.7 Å². The number of ether oxygens (including phenoxy) is 2. The van der Waals surface area contributed by atoms with Crippen molar-refractivity contribution in [3.63, 3.8) is 0 Å². The Kier molecular flexibility index (Phi) is 5.68. The van der Waals surface area contributed by atoms with Gasteiger partial charge in [0.2, 0.25) is 0 Å². The van der Waals surface area contributed by atoms with E-state index in [2.05, 4.69) is 5.16 Å². The number of aliphatic hydroxyl groups is 1. The topological polar surface area (TPSA) is 102 Å². The Balaban J connectivity index is 1.94. The quantitative estimate of drug-likeness (QED) is 0.355. The molecule has 0 aliphatic carbocycles. The number of aromatic nitrogens is 1. The van der Waals surface area contributed by atoms with Crippen molar-refractivity contribution in [3.05, 3.63) is 77.1 Å². The first-order chi connectivity index (χ1) is 15.5. The summed E-state index contributed by atoms with van der Waals surface area (Å²) in [4.78, 5) is 27.4. The van der Waals surface area contributed by atoms with E-state index >= 15 is 0 Å². The number of benzene rings is 2. The molecule has 1 N–H and O–H groups in total. The number of methoxy groups -OCH3 is 1. The van der Waals surface area contributed by atoms with Crippen molar-refractivity contribution in [2.75, 3.05) is 18.6 Å². The van der Waals surface area contributed by atoms with Crippen LogP contribution in [0.5, 0.6) is 11.5 Å². The third kappa shape index (κ3) is 3.60. The molecule has 32 heavy (non-hydrogen) atoms. The van der Waals surface area contributed by atoms with Crippen molar-refractivity contribution in [1.82, 2.24) is 5.16 Å². The number of aryl methyl sites for hydroxylation is 1. The Morgan fingerprint density at radius 1 is 1.12 bits per heavy atom. The predicted molar refractivity (Wildman–Crippen MR) is 117 cm³/mol. The summed E-state index contributed by atoms with van der Waals surface area (Å²) in [5, 5.41) is 15.0. The van der Waals surface area contributed by atoms with Crippen LogP contribution >= 0.6 is 0 Å². The van der Waals surface area contributed by atoms with Gasteiger partial charge in [-0.25, -0.2) is 0 Å². The van der Waals surface area contributed by atoms with E-state index in [4.69, 9.17) is 14.0 Å². The predicted octanol–water partition coefficient (Wildman–Crippen LogP) is 4.02. The normalized spacial score (nSPS) is 17.6. The molecule has 8 nitrogen and oxygen atoms in total. The van der Waals surface area contributed by atoms with Crippen LogP contribution in [-0.4, -0.2) is 35.7 Å². The van der Waals surface area contributed by atoms with E-state index in [9.17, 15) is 14.7 Å². The number of ketones is 1. The minimum Gasteiger partial charge on any atom is -0.507 e. The summed E-state index contributed by atoms with van der Waals surface area (Å²) in [5.41, 5.74) is 0.917. The van der Waals surface area contributed by atoms with Gasteiger partial charge < -0.3 is 19.1 Å². The highest BCUT2D eigenvalue weighted by atomic mass is 16.5. The number of amides is 1. The molecule has 1 amide bonds. The van der Waals surface area contributed by atoms with Gasteiger partial charge in [0.05, 0.1) is 25.3 Å². The number of nitrogens with zero attached hydrogens (tertiary/aromatic N) is 2. The fourth-order valence-corrected chi connectivity index (χ4v) is 3.73. The lowest BCUT2D eigenvalue weighted by molar-refractivity contribution is -0.132. The van der Waals surface area contributed by atoms with Crippen molar-refractivity contribution in [2.24, 2.45) is 0 Å². The second kappa shape index (κ2) is 8.58. The van der Waals surface area contributed by atoms with E-state index < -0.39 is 17.7 Å². The van der Waals surface area contributed by atoms with Crippen LogP contribution in [0.3, 0.4) is 0 Å². The molecule has 0 spiro atoms. The zero-order valence-corrected chi connectivity index (χ0v) is 17.9. The first-order valence-electron chi connectivity index (χ1n) is 10.1. The summed E-state index contributed by atoms with van der Waals surface area (Å²) in [6.45, 7) is 3.99. The molecule has 0 saturated carbocycles. The van der Waals surface area contributed by atoms with Crippen LogP contribution in [0.25, 0.3) is 5.76 Å². The van der Waals surface area contributed by atoms with Crippen LogP contribution in [0.2, 0.25) is 0 Å². The van der Waals surface area contributed by atoms with Crippen LogP contribution in [0.1, 0.15) is 29.9 Å². The van der Waals surface area contributed by atoms with Gasteiger partial charge in [-0.15, -0.1) is 0 Å². The average Bonchev–Trinajstić information content (AvgIpc) is 3.35. The molecule has 2 aromatic carbocycles. The van der Waals surface area contributed by atoms with Crippen molar-refractivity contribution in [1.29, 1.82) is 0 Å². The van der Waals surface area contributed by atoms with E-state index in [0.29, 0.717) is 35.0 Å². The Morgan fingerprint density at radius 3 is 2.50 bits per heavy atom. The number of anilines is 1. The summed E-state index contributed by atoms with van der Waals surface area (Å²) < 4.78 is 16.2. The number of carbonyl (C=O) groups excluding carboxylic acids is 2. The summed E-state index contributed by atoms with van der Waals surface area (Å²) in [6.07, 6.45) is 0. The van der Waals surface area contributed by atoms with Gasteiger partial charge in [-0.2, -0.15) is 0 Å². The lowest BCUT2D eigenvalue weighted by atomic mass is 9.95. The minimum atomic E-state index is -0.940. The van der Waals surface area contributed by atoms with E-state index in [1.807, 2.05) is 6.92 Å². The van der Waals surface area contributed by atoms with Crippen LogP contribution in [0, 0.1) is 6.92 Å². The fraction of sp³-hybridized carbons (Fsp3) is 0.208. The lowest BCUT2D eigenvalue weighted by Gasteiger charge is -2.23. The first-order valence-corrected chi connectivity index (χ1v) is 10.1. The Hall–Kier alpha value is -4.07. The monoisotopic (exact) mass is 434 g/mol. The average molecular weight is 434 g/mol. The molecular weight excluding hydrogens is 412 g/mol. The number of Topliss-reactive ketones (excluding diaryl/α,β-unsaturated/α-hetero) is 1. The molecule has 2 heterocycles. The molecule has 164 valence electrons. The van der Waals surface area contributed by atoms with E-state index in [0.717, 1.165) is 0 Å². The van der Waals surface area contributed by atoms with E-state index in [1.165, 1.54) is 12.0 Å². The molecule has 1 aromatic heterocycles. The van der Waals surface area contributed by atoms with Crippen LogP contribution in [-0.2, 0) is 9.59 Å². The lowest BCUT2D eigenvalue weighted by Crippen LogP contribution is -2.29. The first kappa shape index (κ1) is 21.2. The standard InChI is InChI=1S/C24H22N2O6/c1-4-31-17-11-10-16(13-18(17)30-3)21-20(22(27)15-8-6-5-7-9-15)23(28)24(29)26(21)19-12-14(2)32-25-19/h5-13,21,27H,4H2,1-3H3/b22-20+. The highest BCUT2D eigenvalue weighted by Crippen LogP contribution is 2.43. The van der Waals surface area contributed by atoms with Gasteiger partial charge in [0.15, 0.2) is 17.3 Å². The molecule has 0 radical (unpaired) electrons. The van der Waals surface area contributed by atoms with Crippen LogP contribution in [0.4, 0.5) is 5.82 Å². The highest BCUT2D eigenvalue weighted by Gasteiger charge is 2.48. The maximum absolute atomic E-state index is 13.1. The third-order valence-electron chi connectivity index (χ3n) is 5.16. The van der Waals surface area contributed by atoms with Gasteiger partial charge in [-0.3, -0.25) is 14.5 Å². The second-order valence-corrected chi connectivity index (χ2v) is 7.17. The Labute approximate surface area is 184 Å². The summed E-state index contributed by atoms with van der Waals surface area (Å²) >= 11 is 0. The molecule has 4 rings (SSSR count). The maximum Gasteiger partial charge on any atom is 0.301 e. The number of hydrogen-bond acceptors (Lipinski definition) is 7. The molecule has 1 fully saturated rings. The van der Waals surface area contributed by atoms with Crippen LogP contribution < -0.4 is 14.4 Å². The second-order valence-electron chi connectivity index (χ2n) is 7.17.